The Morgan fingerprint density at radius 1 is 0.629 bits per heavy atom. The molecular formula is C25H18F6O2S2. The van der Waals surface area contributed by atoms with Crippen LogP contribution in [0.25, 0.3) is 31.3 Å². The van der Waals surface area contributed by atoms with E-state index in [1.54, 1.807) is 24.3 Å². The first kappa shape index (κ1) is 24.0. The molecule has 2 aromatic carbocycles. The lowest BCUT2D eigenvalue weighted by Crippen LogP contribution is -2.48. The second-order valence-electron chi connectivity index (χ2n) is 8.26. The number of halogens is 6. The molecule has 0 fully saturated rings. The molecule has 4 aromatic rings. The molecular weight excluding hydrogens is 510 g/mol. The minimum atomic E-state index is -5.64. The highest BCUT2D eigenvalue weighted by Gasteiger charge is 2.80. The molecule has 2 heterocycles. The van der Waals surface area contributed by atoms with Crippen molar-refractivity contribution in [2.75, 3.05) is 14.2 Å². The molecule has 0 bridgehead atoms. The van der Waals surface area contributed by atoms with Crippen LogP contribution < -0.4 is 9.47 Å². The fourth-order valence-corrected chi connectivity index (χ4v) is 6.76. The van der Waals surface area contributed by atoms with Crippen LogP contribution in [0.2, 0.25) is 0 Å². The average Bonchev–Trinajstić information content (AvgIpc) is 3.33. The van der Waals surface area contributed by atoms with Gasteiger partial charge >= 0.3 is 17.8 Å². The zero-order valence-corrected chi connectivity index (χ0v) is 20.5. The number of allylic oxidation sites excluding steroid dienone is 2. The van der Waals surface area contributed by atoms with Gasteiger partial charge in [0.25, 0.3) is 0 Å². The van der Waals surface area contributed by atoms with Crippen molar-refractivity contribution in [3.63, 3.8) is 0 Å². The Labute approximate surface area is 204 Å². The van der Waals surface area contributed by atoms with E-state index in [2.05, 4.69) is 0 Å². The van der Waals surface area contributed by atoms with Crippen LogP contribution in [0.5, 0.6) is 11.5 Å². The summed E-state index contributed by atoms with van der Waals surface area (Å²) in [4.78, 5) is 0.451. The fraction of sp³-hybridized carbons (Fsp3) is 0.280. The predicted octanol–water partition coefficient (Wildman–Crippen LogP) is 8.58. The molecule has 1 aliphatic carbocycles. The van der Waals surface area contributed by atoms with Crippen molar-refractivity contribution in [3.8, 4) is 11.5 Å². The number of hydrogen-bond acceptors (Lipinski definition) is 4. The summed E-state index contributed by atoms with van der Waals surface area (Å²) in [5.41, 5.74) is -3.34. The third-order valence-electron chi connectivity index (χ3n) is 6.31. The number of aryl methyl sites for hydroxylation is 2. The quantitative estimate of drug-likeness (QED) is 0.247. The normalized spacial score (nSPS) is 18.6. The van der Waals surface area contributed by atoms with Crippen molar-refractivity contribution in [1.82, 2.24) is 0 Å². The third kappa shape index (κ3) is 3.08. The van der Waals surface area contributed by atoms with Gasteiger partial charge in [-0.3, -0.25) is 0 Å². The molecule has 184 valence electrons. The predicted molar refractivity (Wildman–Crippen MR) is 128 cm³/mol. The van der Waals surface area contributed by atoms with Gasteiger partial charge in [0, 0.05) is 52.2 Å². The van der Waals surface area contributed by atoms with Crippen LogP contribution in [0, 0.1) is 13.8 Å². The van der Waals surface area contributed by atoms with Crippen molar-refractivity contribution in [2.45, 2.75) is 31.6 Å². The molecule has 0 spiro atoms. The van der Waals surface area contributed by atoms with E-state index in [1.807, 2.05) is 0 Å². The van der Waals surface area contributed by atoms with Crippen molar-refractivity contribution >= 4 is 54.0 Å². The first-order valence-corrected chi connectivity index (χ1v) is 12.0. The van der Waals surface area contributed by atoms with Gasteiger partial charge in [0.05, 0.1) is 14.2 Å². The van der Waals surface area contributed by atoms with Crippen LogP contribution in [0.15, 0.2) is 36.4 Å². The number of hydrogen-bond donors (Lipinski definition) is 0. The molecule has 2 aromatic heterocycles. The molecule has 0 atom stereocenters. The van der Waals surface area contributed by atoms with Gasteiger partial charge in [-0.2, -0.15) is 26.3 Å². The Morgan fingerprint density at radius 3 is 1.34 bits per heavy atom. The minimum absolute atomic E-state index is 0.155. The Morgan fingerprint density at radius 2 is 1.00 bits per heavy atom. The van der Waals surface area contributed by atoms with E-state index in [4.69, 9.17) is 9.47 Å². The summed E-state index contributed by atoms with van der Waals surface area (Å²) in [6, 6.07) is 9.19. The van der Waals surface area contributed by atoms with Gasteiger partial charge < -0.3 is 9.47 Å². The number of thiophene rings is 2. The lowest BCUT2D eigenvalue weighted by molar-refractivity contribution is -0.254. The summed E-state index contributed by atoms with van der Waals surface area (Å²) in [5.74, 6) is -15.3. The van der Waals surface area contributed by atoms with E-state index in [0.29, 0.717) is 20.9 Å². The Bertz CT molecular complexity index is 1420. The highest BCUT2D eigenvalue weighted by molar-refractivity contribution is 7.19. The van der Waals surface area contributed by atoms with Crippen LogP contribution in [-0.4, -0.2) is 32.0 Å². The Kier molecular flexibility index (Phi) is 5.24. The van der Waals surface area contributed by atoms with E-state index in [9.17, 15) is 8.78 Å². The van der Waals surface area contributed by atoms with Gasteiger partial charge in [-0.25, -0.2) is 0 Å². The van der Waals surface area contributed by atoms with Gasteiger partial charge in [-0.15, -0.1) is 22.7 Å². The van der Waals surface area contributed by atoms with Gasteiger partial charge in [0.15, 0.2) is 0 Å². The Balaban J connectivity index is 1.98. The van der Waals surface area contributed by atoms with E-state index < -0.39 is 28.9 Å². The van der Waals surface area contributed by atoms with Gasteiger partial charge in [-0.1, -0.05) is 0 Å². The van der Waals surface area contributed by atoms with E-state index in [1.165, 1.54) is 40.2 Å². The van der Waals surface area contributed by atoms with Crippen molar-refractivity contribution in [1.29, 1.82) is 0 Å². The maximum absolute atomic E-state index is 15.5. The summed E-state index contributed by atoms with van der Waals surface area (Å²) in [5, 5.41) is 0.310. The molecule has 1 aliphatic rings. The van der Waals surface area contributed by atoms with Crippen molar-refractivity contribution < 1.29 is 35.8 Å². The highest BCUT2D eigenvalue weighted by Crippen LogP contribution is 2.67. The molecule has 2 nitrogen and oxygen atoms in total. The topological polar surface area (TPSA) is 18.5 Å². The van der Waals surface area contributed by atoms with E-state index >= 15 is 17.6 Å². The fourth-order valence-electron chi connectivity index (χ4n) is 4.66. The summed E-state index contributed by atoms with van der Waals surface area (Å²) < 4.78 is 103. The second-order valence-corrected chi connectivity index (χ2v) is 10.8. The van der Waals surface area contributed by atoms with Gasteiger partial charge in [0.2, 0.25) is 0 Å². The maximum Gasteiger partial charge on any atom is 0.380 e. The van der Waals surface area contributed by atoms with Gasteiger partial charge in [0.1, 0.15) is 11.5 Å². The zero-order valence-electron chi connectivity index (χ0n) is 18.9. The molecule has 0 aliphatic heterocycles. The smallest absolute Gasteiger partial charge is 0.380 e. The molecule has 0 amide bonds. The molecule has 35 heavy (non-hydrogen) atoms. The average molecular weight is 529 g/mol. The number of benzene rings is 2. The number of ether oxygens (including phenoxy) is 2. The maximum atomic E-state index is 15.5. The largest absolute Gasteiger partial charge is 0.497 e. The number of rotatable bonds is 4. The molecule has 5 rings (SSSR count). The monoisotopic (exact) mass is 528 g/mol. The lowest BCUT2D eigenvalue weighted by Gasteiger charge is -2.26. The van der Waals surface area contributed by atoms with E-state index in [-0.39, 0.29) is 31.7 Å². The SMILES string of the molecule is COc1ccc2sc(C)c(C3=C(c4c(C)sc5ccc(OC)cc45)C(F)(F)C(F)(F)C3(F)F)c2c1. The molecule has 0 N–H and O–H groups in total. The van der Waals surface area contributed by atoms with Gasteiger partial charge in [-0.05, 0) is 50.2 Å². The number of methoxy groups -OCH3 is 2. The van der Waals surface area contributed by atoms with Crippen molar-refractivity contribution in [3.05, 3.63) is 57.3 Å². The van der Waals surface area contributed by atoms with Crippen LogP contribution >= 0.6 is 22.7 Å². The standard InChI is InChI=1S/C25H18F6O2S2/c1-11-19(15-9-13(32-3)5-7-17(15)34-11)21-22(24(28,29)25(30,31)23(21,26)27)20-12(2)35-18-8-6-14(33-4)10-16(18)20/h5-10H,1-4H3. The van der Waals surface area contributed by atoms with Crippen LogP contribution in [0.3, 0.4) is 0 Å². The second kappa shape index (κ2) is 7.64. The summed E-state index contributed by atoms with van der Waals surface area (Å²) in [6.07, 6.45) is 0. The third-order valence-corrected chi connectivity index (χ3v) is 8.48. The summed E-state index contributed by atoms with van der Waals surface area (Å²) in [6.45, 7) is 2.92. The first-order valence-electron chi connectivity index (χ1n) is 10.4. The highest BCUT2D eigenvalue weighted by atomic mass is 32.1. The van der Waals surface area contributed by atoms with Crippen LogP contribution in [0.4, 0.5) is 26.3 Å². The van der Waals surface area contributed by atoms with E-state index in [0.717, 1.165) is 22.7 Å². The molecule has 0 saturated carbocycles. The van der Waals surface area contributed by atoms with Crippen LogP contribution in [0.1, 0.15) is 20.9 Å². The summed E-state index contributed by atoms with van der Waals surface area (Å²) in [7, 11) is 2.73. The minimum Gasteiger partial charge on any atom is -0.497 e. The first-order chi connectivity index (χ1) is 16.4. The van der Waals surface area contributed by atoms with Crippen LogP contribution in [-0.2, 0) is 0 Å². The molecule has 10 heteroatoms. The number of alkyl halides is 6. The molecule has 0 saturated heterocycles. The summed E-state index contributed by atoms with van der Waals surface area (Å²) >= 11 is 2.14. The van der Waals surface area contributed by atoms with Crippen molar-refractivity contribution in [2.24, 2.45) is 0 Å². The molecule has 0 radical (unpaired) electrons. The zero-order chi connectivity index (χ0) is 25.5. The molecule has 0 unspecified atom stereocenters. The Hall–Kier alpha value is -2.72. The number of fused-ring (bicyclic) bond motifs is 2. The lowest BCUT2D eigenvalue weighted by atomic mass is 9.91.